The van der Waals surface area contributed by atoms with Crippen LogP contribution in [0.5, 0.6) is 23.0 Å². The van der Waals surface area contributed by atoms with E-state index in [2.05, 4.69) is 5.32 Å². The molecule has 1 amide bonds. The predicted molar refractivity (Wildman–Crippen MR) is 109 cm³/mol. The third-order valence-corrected chi connectivity index (χ3v) is 4.03. The van der Waals surface area contributed by atoms with Crippen LogP contribution in [0, 0.1) is 0 Å². The summed E-state index contributed by atoms with van der Waals surface area (Å²) >= 11 is 0. The summed E-state index contributed by atoms with van der Waals surface area (Å²) in [5.74, 6) is 2.48. The fourth-order valence-corrected chi connectivity index (χ4v) is 2.76. The van der Waals surface area contributed by atoms with Crippen LogP contribution in [0.25, 0.3) is 0 Å². The van der Waals surface area contributed by atoms with Crippen molar-refractivity contribution in [1.82, 2.24) is 5.32 Å². The monoisotopic (exact) mass is 387 g/mol. The smallest absolute Gasteiger partial charge is 0.251 e. The van der Waals surface area contributed by atoms with Crippen LogP contribution in [0.4, 0.5) is 0 Å². The molecule has 0 spiro atoms. The number of methoxy groups -OCH3 is 1. The van der Waals surface area contributed by atoms with E-state index in [1.807, 2.05) is 39.0 Å². The number of hydrogen-bond acceptors (Lipinski definition) is 5. The Bertz CT molecular complexity index is 776. The maximum Gasteiger partial charge on any atom is 0.251 e. The molecule has 2 aromatic rings. The van der Waals surface area contributed by atoms with Gasteiger partial charge in [-0.1, -0.05) is 6.07 Å². The Balaban J connectivity index is 1.98. The zero-order valence-electron chi connectivity index (χ0n) is 17.0. The Labute approximate surface area is 166 Å². The van der Waals surface area contributed by atoms with Crippen molar-refractivity contribution in [2.75, 3.05) is 33.5 Å². The van der Waals surface area contributed by atoms with Crippen LogP contribution in [0.1, 0.15) is 36.7 Å². The number of benzene rings is 2. The van der Waals surface area contributed by atoms with Gasteiger partial charge in [0.05, 0.1) is 26.9 Å². The lowest BCUT2D eigenvalue weighted by atomic mass is 10.1. The molecule has 2 rings (SSSR count). The van der Waals surface area contributed by atoms with E-state index < -0.39 is 0 Å². The minimum atomic E-state index is -0.153. The van der Waals surface area contributed by atoms with Crippen molar-refractivity contribution >= 4 is 5.91 Å². The summed E-state index contributed by atoms with van der Waals surface area (Å²) in [4.78, 5) is 12.4. The highest BCUT2D eigenvalue weighted by atomic mass is 16.5. The first kappa shape index (κ1) is 21.4. The molecule has 0 radical (unpaired) electrons. The Morgan fingerprint density at radius 1 is 0.821 bits per heavy atom. The molecule has 6 nitrogen and oxygen atoms in total. The van der Waals surface area contributed by atoms with Crippen LogP contribution in [-0.4, -0.2) is 39.4 Å². The number of amides is 1. The molecule has 0 aliphatic rings. The number of ether oxygens (including phenoxy) is 4. The molecule has 0 fully saturated rings. The zero-order chi connectivity index (χ0) is 20.4. The molecule has 0 atom stereocenters. The van der Waals surface area contributed by atoms with Crippen LogP contribution in [0.3, 0.4) is 0 Å². The van der Waals surface area contributed by atoms with Crippen molar-refractivity contribution in [3.05, 3.63) is 47.5 Å². The van der Waals surface area contributed by atoms with Crippen molar-refractivity contribution in [3.8, 4) is 23.0 Å². The van der Waals surface area contributed by atoms with E-state index in [0.29, 0.717) is 49.8 Å². The maximum absolute atomic E-state index is 12.4. The highest BCUT2D eigenvalue weighted by molar-refractivity contribution is 5.94. The fourth-order valence-electron chi connectivity index (χ4n) is 2.76. The van der Waals surface area contributed by atoms with Crippen molar-refractivity contribution in [2.45, 2.75) is 27.2 Å². The molecule has 0 heterocycles. The molecule has 152 valence electrons. The SMILES string of the molecule is CCOc1cc(C(=O)NCCc2ccc(OCC)c(OCC)c2)ccc1OC. The summed E-state index contributed by atoms with van der Waals surface area (Å²) in [5.41, 5.74) is 1.60. The normalized spacial score (nSPS) is 10.3. The van der Waals surface area contributed by atoms with E-state index in [9.17, 15) is 4.79 Å². The van der Waals surface area contributed by atoms with Crippen LogP contribution in [0.2, 0.25) is 0 Å². The largest absolute Gasteiger partial charge is 0.493 e. The topological polar surface area (TPSA) is 66.0 Å². The zero-order valence-corrected chi connectivity index (χ0v) is 17.0. The highest BCUT2D eigenvalue weighted by Crippen LogP contribution is 2.29. The van der Waals surface area contributed by atoms with Gasteiger partial charge in [0.25, 0.3) is 5.91 Å². The van der Waals surface area contributed by atoms with Gasteiger partial charge in [-0.3, -0.25) is 4.79 Å². The van der Waals surface area contributed by atoms with Gasteiger partial charge in [0.2, 0.25) is 0 Å². The van der Waals surface area contributed by atoms with Crippen molar-refractivity contribution < 1.29 is 23.7 Å². The lowest BCUT2D eigenvalue weighted by molar-refractivity contribution is 0.0953. The molecular formula is C22H29NO5. The average molecular weight is 387 g/mol. The summed E-state index contributed by atoms with van der Waals surface area (Å²) in [7, 11) is 1.57. The molecule has 0 bridgehead atoms. The summed E-state index contributed by atoms with van der Waals surface area (Å²) in [6, 6.07) is 11.0. The van der Waals surface area contributed by atoms with Crippen molar-refractivity contribution in [3.63, 3.8) is 0 Å². The molecule has 0 saturated heterocycles. The van der Waals surface area contributed by atoms with Gasteiger partial charge >= 0.3 is 0 Å². The van der Waals surface area contributed by atoms with Gasteiger partial charge in [-0.15, -0.1) is 0 Å². The molecule has 2 aromatic carbocycles. The summed E-state index contributed by atoms with van der Waals surface area (Å²) in [5, 5.41) is 2.94. The second kappa shape index (κ2) is 11.1. The molecule has 0 aliphatic carbocycles. The molecule has 0 saturated carbocycles. The molecule has 0 unspecified atom stereocenters. The van der Waals surface area contributed by atoms with E-state index >= 15 is 0 Å². The van der Waals surface area contributed by atoms with Crippen LogP contribution in [-0.2, 0) is 6.42 Å². The first-order chi connectivity index (χ1) is 13.6. The summed E-state index contributed by atoms with van der Waals surface area (Å²) in [6.45, 7) is 7.93. The third kappa shape index (κ3) is 5.81. The van der Waals surface area contributed by atoms with Gasteiger partial charge in [-0.25, -0.2) is 0 Å². The summed E-state index contributed by atoms with van der Waals surface area (Å²) in [6.07, 6.45) is 0.687. The van der Waals surface area contributed by atoms with Gasteiger partial charge in [0.15, 0.2) is 23.0 Å². The third-order valence-electron chi connectivity index (χ3n) is 4.03. The van der Waals surface area contributed by atoms with E-state index in [-0.39, 0.29) is 5.91 Å². The number of carbonyl (C=O) groups excluding carboxylic acids is 1. The first-order valence-electron chi connectivity index (χ1n) is 9.60. The van der Waals surface area contributed by atoms with Gasteiger partial charge in [0, 0.05) is 12.1 Å². The maximum atomic E-state index is 12.4. The Morgan fingerprint density at radius 3 is 2.07 bits per heavy atom. The predicted octanol–water partition coefficient (Wildman–Crippen LogP) is 3.86. The standard InChI is InChI=1S/C22H29NO5/c1-5-26-19-10-8-16(14-20(19)27-6-2)12-13-23-22(24)17-9-11-18(25-4)21(15-17)28-7-3/h8-11,14-15H,5-7,12-13H2,1-4H3,(H,23,24). The fraction of sp³-hybridized carbons (Fsp3) is 0.409. The van der Waals surface area contributed by atoms with Crippen molar-refractivity contribution in [1.29, 1.82) is 0 Å². The minimum Gasteiger partial charge on any atom is -0.493 e. The molecule has 0 aromatic heterocycles. The van der Waals surface area contributed by atoms with Crippen LogP contribution >= 0.6 is 0 Å². The molecule has 1 N–H and O–H groups in total. The number of carbonyl (C=O) groups is 1. The van der Waals surface area contributed by atoms with Crippen LogP contribution < -0.4 is 24.3 Å². The number of rotatable bonds is 11. The quantitative estimate of drug-likeness (QED) is 0.634. The van der Waals surface area contributed by atoms with Gasteiger partial charge in [-0.05, 0) is 63.1 Å². The van der Waals surface area contributed by atoms with Gasteiger partial charge in [0.1, 0.15) is 0 Å². The Kier molecular flexibility index (Phi) is 8.46. The second-order valence-corrected chi connectivity index (χ2v) is 5.95. The van der Waals surface area contributed by atoms with E-state index in [0.717, 1.165) is 17.1 Å². The van der Waals surface area contributed by atoms with Crippen LogP contribution in [0.15, 0.2) is 36.4 Å². The molecule has 6 heteroatoms. The Morgan fingerprint density at radius 2 is 1.43 bits per heavy atom. The van der Waals surface area contributed by atoms with E-state index in [1.54, 1.807) is 25.3 Å². The van der Waals surface area contributed by atoms with E-state index in [1.165, 1.54) is 0 Å². The van der Waals surface area contributed by atoms with Gasteiger partial charge in [-0.2, -0.15) is 0 Å². The van der Waals surface area contributed by atoms with E-state index in [4.69, 9.17) is 18.9 Å². The minimum absolute atomic E-state index is 0.153. The average Bonchev–Trinajstić information content (AvgIpc) is 2.70. The number of hydrogen-bond donors (Lipinski definition) is 1. The molecular weight excluding hydrogens is 358 g/mol. The highest BCUT2D eigenvalue weighted by Gasteiger charge is 2.11. The van der Waals surface area contributed by atoms with Gasteiger partial charge < -0.3 is 24.3 Å². The summed E-state index contributed by atoms with van der Waals surface area (Å²) < 4.78 is 22.0. The first-order valence-corrected chi connectivity index (χ1v) is 9.60. The Hall–Kier alpha value is -2.89. The number of nitrogens with one attached hydrogen (secondary N) is 1. The lowest BCUT2D eigenvalue weighted by Crippen LogP contribution is -2.25. The second-order valence-electron chi connectivity index (χ2n) is 5.95. The molecule has 28 heavy (non-hydrogen) atoms. The van der Waals surface area contributed by atoms with Crippen molar-refractivity contribution in [2.24, 2.45) is 0 Å². The molecule has 0 aliphatic heterocycles. The lowest BCUT2D eigenvalue weighted by Gasteiger charge is -2.13.